The van der Waals surface area contributed by atoms with E-state index < -0.39 is 5.82 Å². The van der Waals surface area contributed by atoms with E-state index in [9.17, 15) is 14.0 Å². The Labute approximate surface area is 183 Å². The van der Waals surface area contributed by atoms with Crippen LogP contribution in [0.25, 0.3) is 0 Å². The van der Waals surface area contributed by atoms with Crippen molar-refractivity contribution in [2.24, 2.45) is 0 Å². The Morgan fingerprint density at radius 2 is 1.77 bits per heavy atom. The first-order valence-corrected chi connectivity index (χ1v) is 10.8. The molecule has 0 aromatic heterocycles. The normalized spacial score (nSPS) is 16.0. The van der Waals surface area contributed by atoms with Crippen molar-refractivity contribution in [1.29, 1.82) is 0 Å². The number of anilines is 1. The number of para-hydroxylation sites is 1. The monoisotopic (exact) mass is 440 g/mol. The lowest BCUT2D eigenvalue weighted by Gasteiger charge is -2.24. The molecule has 1 saturated heterocycles. The maximum atomic E-state index is 13.8. The summed E-state index contributed by atoms with van der Waals surface area (Å²) in [7, 11) is 0. The van der Waals surface area contributed by atoms with E-state index in [-0.39, 0.29) is 22.9 Å². The lowest BCUT2D eigenvalue weighted by molar-refractivity contribution is -0.128. The summed E-state index contributed by atoms with van der Waals surface area (Å²) in [6.45, 7) is 0.489. The number of carbonyl (C=O) groups is 2. The molecule has 0 spiro atoms. The molecule has 0 saturated carbocycles. The Hall–Kier alpha value is -2.83. The number of hydrogen-bond donors (Lipinski definition) is 1. The number of carbonyl (C=O) groups excluding carboxylic acids is 2. The second-order valence-electron chi connectivity index (χ2n) is 6.87. The molecule has 152 valence electrons. The van der Waals surface area contributed by atoms with Crippen LogP contribution in [0.3, 0.4) is 0 Å². The van der Waals surface area contributed by atoms with Crippen molar-refractivity contribution < 1.29 is 14.0 Å². The molecule has 4 nitrogen and oxygen atoms in total. The van der Waals surface area contributed by atoms with Gasteiger partial charge in [-0.1, -0.05) is 48.0 Å². The van der Waals surface area contributed by atoms with Crippen LogP contribution in [0.1, 0.15) is 26.9 Å². The average molecular weight is 441 g/mol. The minimum atomic E-state index is -0.485. The van der Waals surface area contributed by atoms with Crippen LogP contribution >= 0.6 is 23.4 Å². The highest BCUT2D eigenvalue weighted by Gasteiger charge is 2.32. The standard InChI is InChI=1S/C23H18ClFN2O2S/c24-18-11-5-15(6-12-18)13-27-21(28)14-30-23(27)17-9-7-16(8-10-17)22(29)26-20-4-2-1-3-19(20)25/h1-12,23H,13-14H2,(H,26,29)/t23-/m1/s1. The summed E-state index contributed by atoms with van der Waals surface area (Å²) in [5, 5.41) is 3.10. The van der Waals surface area contributed by atoms with E-state index in [2.05, 4.69) is 5.32 Å². The summed E-state index contributed by atoms with van der Waals surface area (Å²) in [6.07, 6.45) is 0. The largest absolute Gasteiger partial charge is 0.322 e. The average Bonchev–Trinajstić information content (AvgIpc) is 3.11. The number of halogens is 2. The number of hydrogen-bond acceptors (Lipinski definition) is 3. The Morgan fingerprint density at radius 3 is 2.47 bits per heavy atom. The minimum Gasteiger partial charge on any atom is -0.322 e. The molecule has 1 atom stereocenters. The highest BCUT2D eigenvalue weighted by atomic mass is 35.5. The van der Waals surface area contributed by atoms with Crippen LogP contribution < -0.4 is 5.32 Å². The molecule has 30 heavy (non-hydrogen) atoms. The number of rotatable bonds is 5. The summed E-state index contributed by atoms with van der Waals surface area (Å²) in [6, 6.07) is 20.5. The highest BCUT2D eigenvalue weighted by molar-refractivity contribution is 8.00. The zero-order chi connectivity index (χ0) is 21.1. The Balaban J connectivity index is 1.48. The fourth-order valence-electron chi connectivity index (χ4n) is 3.24. The summed E-state index contributed by atoms with van der Waals surface area (Å²) in [4.78, 5) is 26.7. The quantitative estimate of drug-likeness (QED) is 0.569. The van der Waals surface area contributed by atoms with Crippen LogP contribution in [0.4, 0.5) is 10.1 Å². The molecule has 1 aliphatic rings. The topological polar surface area (TPSA) is 49.4 Å². The number of amides is 2. The van der Waals surface area contributed by atoms with E-state index >= 15 is 0 Å². The SMILES string of the molecule is O=C(Nc1ccccc1F)c1ccc([C@H]2SCC(=O)N2Cc2ccc(Cl)cc2)cc1. The molecule has 1 N–H and O–H groups in total. The van der Waals surface area contributed by atoms with Crippen molar-refractivity contribution in [3.63, 3.8) is 0 Å². The minimum absolute atomic E-state index is 0.0707. The van der Waals surface area contributed by atoms with Crippen molar-refractivity contribution >= 4 is 40.9 Å². The first-order valence-electron chi connectivity index (χ1n) is 9.32. The van der Waals surface area contributed by atoms with Gasteiger partial charge in [-0.15, -0.1) is 11.8 Å². The molecular formula is C23H18ClFN2O2S. The van der Waals surface area contributed by atoms with Crippen LogP contribution in [-0.4, -0.2) is 22.5 Å². The van der Waals surface area contributed by atoms with Crippen LogP contribution in [0.5, 0.6) is 0 Å². The van der Waals surface area contributed by atoms with Gasteiger partial charge in [0.05, 0.1) is 11.4 Å². The van der Waals surface area contributed by atoms with Gasteiger partial charge < -0.3 is 10.2 Å². The van der Waals surface area contributed by atoms with Gasteiger partial charge in [0.1, 0.15) is 11.2 Å². The van der Waals surface area contributed by atoms with Gasteiger partial charge in [-0.2, -0.15) is 0 Å². The lowest BCUT2D eigenvalue weighted by atomic mass is 10.1. The highest BCUT2D eigenvalue weighted by Crippen LogP contribution is 2.39. The number of nitrogens with zero attached hydrogens (tertiary/aromatic N) is 1. The molecule has 1 aliphatic heterocycles. The van der Waals surface area contributed by atoms with E-state index in [4.69, 9.17) is 11.6 Å². The first-order chi connectivity index (χ1) is 14.5. The van der Waals surface area contributed by atoms with Gasteiger partial charge in [-0.05, 0) is 47.5 Å². The summed E-state index contributed by atoms with van der Waals surface area (Å²) < 4.78 is 13.8. The van der Waals surface area contributed by atoms with Gasteiger partial charge in [0.25, 0.3) is 5.91 Å². The third kappa shape index (κ3) is 4.50. The van der Waals surface area contributed by atoms with Crippen molar-refractivity contribution in [2.75, 3.05) is 11.1 Å². The Bertz CT molecular complexity index is 1070. The molecule has 3 aromatic carbocycles. The number of thioether (sulfide) groups is 1. The van der Waals surface area contributed by atoms with Crippen LogP contribution in [0, 0.1) is 5.82 Å². The Morgan fingerprint density at radius 1 is 1.07 bits per heavy atom. The van der Waals surface area contributed by atoms with Crippen molar-refractivity contribution in [2.45, 2.75) is 11.9 Å². The fraction of sp³-hybridized carbons (Fsp3) is 0.130. The maximum absolute atomic E-state index is 13.8. The van der Waals surface area contributed by atoms with Gasteiger partial charge in [-0.3, -0.25) is 9.59 Å². The predicted octanol–water partition coefficient (Wildman–Crippen LogP) is 5.51. The van der Waals surface area contributed by atoms with Crippen molar-refractivity contribution in [3.05, 3.63) is 100 Å². The fourth-order valence-corrected chi connectivity index (χ4v) is 4.56. The first kappa shape index (κ1) is 20.4. The zero-order valence-electron chi connectivity index (χ0n) is 15.8. The Kier molecular flexibility index (Phi) is 6.06. The molecular weight excluding hydrogens is 423 g/mol. The summed E-state index contributed by atoms with van der Waals surface area (Å²) in [5.74, 6) is -0.393. The maximum Gasteiger partial charge on any atom is 0.255 e. The summed E-state index contributed by atoms with van der Waals surface area (Å²) in [5.41, 5.74) is 2.49. The van der Waals surface area contributed by atoms with Crippen LogP contribution in [0.2, 0.25) is 5.02 Å². The second kappa shape index (κ2) is 8.90. The molecule has 1 fully saturated rings. The van der Waals surface area contributed by atoms with Gasteiger partial charge in [0.15, 0.2) is 0 Å². The smallest absolute Gasteiger partial charge is 0.255 e. The van der Waals surface area contributed by atoms with Crippen LogP contribution in [-0.2, 0) is 11.3 Å². The van der Waals surface area contributed by atoms with Crippen LogP contribution in [0.15, 0.2) is 72.8 Å². The van der Waals surface area contributed by atoms with E-state index in [0.717, 1.165) is 11.1 Å². The van der Waals surface area contributed by atoms with E-state index in [1.165, 1.54) is 12.1 Å². The molecule has 0 aliphatic carbocycles. The van der Waals surface area contributed by atoms with Gasteiger partial charge in [-0.25, -0.2) is 4.39 Å². The van der Waals surface area contributed by atoms with Crippen molar-refractivity contribution in [1.82, 2.24) is 4.90 Å². The third-order valence-corrected chi connectivity index (χ3v) is 6.32. The molecule has 2 amide bonds. The zero-order valence-corrected chi connectivity index (χ0v) is 17.4. The van der Waals surface area contributed by atoms with E-state index in [1.807, 2.05) is 41.3 Å². The number of benzene rings is 3. The van der Waals surface area contributed by atoms with Gasteiger partial charge in [0.2, 0.25) is 5.91 Å². The van der Waals surface area contributed by atoms with E-state index in [1.54, 1.807) is 36.0 Å². The van der Waals surface area contributed by atoms with Crippen molar-refractivity contribution in [3.8, 4) is 0 Å². The number of nitrogens with one attached hydrogen (secondary N) is 1. The summed E-state index contributed by atoms with van der Waals surface area (Å²) >= 11 is 7.50. The molecule has 3 aromatic rings. The second-order valence-corrected chi connectivity index (χ2v) is 8.37. The lowest BCUT2D eigenvalue weighted by Crippen LogP contribution is -2.27. The van der Waals surface area contributed by atoms with E-state index in [0.29, 0.717) is 22.9 Å². The third-order valence-electron chi connectivity index (χ3n) is 4.81. The molecule has 1 heterocycles. The predicted molar refractivity (Wildman–Crippen MR) is 118 cm³/mol. The molecule has 0 radical (unpaired) electrons. The molecule has 7 heteroatoms. The van der Waals surface area contributed by atoms with Gasteiger partial charge in [0, 0.05) is 17.1 Å². The molecule has 0 bridgehead atoms. The molecule has 0 unspecified atom stereocenters. The van der Waals surface area contributed by atoms with Gasteiger partial charge >= 0.3 is 0 Å². The molecule has 4 rings (SSSR count).